The molecule has 0 spiro atoms. The van der Waals surface area contributed by atoms with Gasteiger partial charge in [-0.15, -0.1) is 11.3 Å². The number of carbonyl (C=O) groups excluding carboxylic acids is 2. The second kappa shape index (κ2) is 14.3. The van der Waals surface area contributed by atoms with E-state index in [4.69, 9.17) is 21.7 Å². The Kier molecular flexibility index (Phi) is 12.5. The van der Waals surface area contributed by atoms with E-state index >= 15 is 0 Å². The molecule has 1 aromatic rings. The number of esters is 2. The molecule has 0 unspecified atom stereocenters. The van der Waals surface area contributed by atoms with Crippen LogP contribution in [0.3, 0.4) is 0 Å². The Morgan fingerprint density at radius 3 is 2.14 bits per heavy atom. The van der Waals surface area contributed by atoms with Crippen molar-refractivity contribution >= 4 is 45.6 Å². The molecule has 1 aromatic heterocycles. The standard InChI is InChI=1S/C21H34N2O4S2/c1-5-8-9-10-11-12-13-14-22-21(28)23-18-16(19(24)26-6-2)15(4)17(29-18)20(25)27-7-3/h5-14H2,1-4H3,(H2,22,23,28). The Morgan fingerprint density at radius 2 is 1.52 bits per heavy atom. The molecular formula is C21H34N2O4S2. The highest BCUT2D eigenvalue weighted by molar-refractivity contribution is 7.80. The van der Waals surface area contributed by atoms with Gasteiger partial charge in [0.05, 0.1) is 18.8 Å². The molecule has 0 atom stereocenters. The molecule has 0 aromatic carbocycles. The maximum Gasteiger partial charge on any atom is 0.348 e. The van der Waals surface area contributed by atoms with Crippen molar-refractivity contribution in [3.05, 3.63) is 16.0 Å². The summed E-state index contributed by atoms with van der Waals surface area (Å²) in [7, 11) is 0. The summed E-state index contributed by atoms with van der Waals surface area (Å²) in [4.78, 5) is 25.0. The molecule has 1 heterocycles. The van der Waals surface area contributed by atoms with Crippen LogP contribution in [-0.2, 0) is 9.47 Å². The minimum absolute atomic E-state index is 0.253. The number of ether oxygens (including phenoxy) is 2. The van der Waals surface area contributed by atoms with Gasteiger partial charge in [-0.1, -0.05) is 45.4 Å². The van der Waals surface area contributed by atoms with E-state index in [2.05, 4.69) is 17.6 Å². The van der Waals surface area contributed by atoms with Gasteiger partial charge in [0.2, 0.25) is 0 Å². The predicted octanol–water partition coefficient (Wildman–Crippen LogP) is 5.45. The second-order valence-electron chi connectivity index (χ2n) is 6.70. The molecule has 8 heteroatoms. The lowest BCUT2D eigenvalue weighted by molar-refractivity contribution is 0.0527. The zero-order valence-corrected chi connectivity index (χ0v) is 19.7. The third kappa shape index (κ3) is 8.70. The van der Waals surface area contributed by atoms with Crippen molar-refractivity contribution < 1.29 is 19.1 Å². The maximum absolute atomic E-state index is 12.4. The normalized spacial score (nSPS) is 10.5. The minimum atomic E-state index is -0.478. The number of unbranched alkanes of at least 4 members (excludes halogenated alkanes) is 6. The van der Waals surface area contributed by atoms with Crippen LogP contribution in [-0.4, -0.2) is 36.8 Å². The fourth-order valence-electron chi connectivity index (χ4n) is 2.87. The van der Waals surface area contributed by atoms with Gasteiger partial charge in [-0.25, -0.2) is 9.59 Å². The zero-order chi connectivity index (χ0) is 21.6. The fourth-order valence-corrected chi connectivity index (χ4v) is 4.24. The lowest BCUT2D eigenvalue weighted by Gasteiger charge is -2.11. The van der Waals surface area contributed by atoms with Crippen LogP contribution in [0.4, 0.5) is 5.00 Å². The van der Waals surface area contributed by atoms with Crippen molar-refractivity contribution in [2.75, 3.05) is 25.1 Å². The fraction of sp³-hybridized carbons (Fsp3) is 0.667. The van der Waals surface area contributed by atoms with Gasteiger partial charge < -0.3 is 20.1 Å². The average Bonchev–Trinajstić information content (AvgIpc) is 3.00. The molecule has 6 nitrogen and oxygen atoms in total. The monoisotopic (exact) mass is 442 g/mol. The number of hydrogen-bond acceptors (Lipinski definition) is 6. The zero-order valence-electron chi connectivity index (χ0n) is 18.0. The van der Waals surface area contributed by atoms with Gasteiger partial charge in [-0.3, -0.25) is 0 Å². The van der Waals surface area contributed by atoms with E-state index in [1.165, 1.54) is 38.5 Å². The second-order valence-corrected chi connectivity index (χ2v) is 8.13. The molecule has 0 aliphatic rings. The van der Waals surface area contributed by atoms with Crippen LogP contribution in [0, 0.1) is 6.92 Å². The van der Waals surface area contributed by atoms with E-state index in [0.29, 0.717) is 26.1 Å². The molecule has 0 aliphatic heterocycles. The Balaban J connectivity index is 2.66. The summed E-state index contributed by atoms with van der Waals surface area (Å²) in [5.74, 6) is -0.926. The van der Waals surface area contributed by atoms with Crippen molar-refractivity contribution in [2.45, 2.75) is 72.6 Å². The van der Waals surface area contributed by atoms with Crippen LogP contribution in [0.15, 0.2) is 0 Å². The lowest BCUT2D eigenvalue weighted by atomic mass is 10.1. The quantitative estimate of drug-likeness (QED) is 0.239. The molecule has 29 heavy (non-hydrogen) atoms. The van der Waals surface area contributed by atoms with Crippen LogP contribution < -0.4 is 10.6 Å². The first-order valence-corrected chi connectivity index (χ1v) is 11.7. The van der Waals surface area contributed by atoms with E-state index in [1.807, 2.05) is 0 Å². The number of hydrogen-bond donors (Lipinski definition) is 2. The molecule has 0 radical (unpaired) electrons. The Labute approximate surface area is 183 Å². The van der Waals surface area contributed by atoms with Crippen LogP contribution >= 0.6 is 23.6 Å². The Hall–Kier alpha value is -1.67. The lowest BCUT2D eigenvalue weighted by Crippen LogP contribution is -2.29. The molecule has 0 saturated carbocycles. The largest absolute Gasteiger partial charge is 0.462 e. The minimum Gasteiger partial charge on any atom is -0.462 e. The van der Waals surface area contributed by atoms with Crippen LogP contribution in [0.2, 0.25) is 0 Å². The molecule has 0 bridgehead atoms. The van der Waals surface area contributed by atoms with Gasteiger partial charge in [0.25, 0.3) is 0 Å². The summed E-state index contributed by atoms with van der Waals surface area (Å²) in [5.41, 5.74) is 0.879. The molecular weight excluding hydrogens is 408 g/mol. The highest BCUT2D eigenvalue weighted by atomic mass is 32.1. The first-order chi connectivity index (χ1) is 14.0. The maximum atomic E-state index is 12.4. The molecule has 0 aliphatic carbocycles. The van der Waals surface area contributed by atoms with E-state index in [-0.39, 0.29) is 13.2 Å². The molecule has 0 amide bonds. The van der Waals surface area contributed by atoms with E-state index in [0.717, 1.165) is 24.3 Å². The molecule has 2 N–H and O–H groups in total. The number of anilines is 1. The summed E-state index contributed by atoms with van der Waals surface area (Å²) < 4.78 is 10.2. The topological polar surface area (TPSA) is 76.7 Å². The summed E-state index contributed by atoms with van der Waals surface area (Å²) >= 11 is 6.53. The van der Waals surface area contributed by atoms with Crippen molar-refractivity contribution in [3.8, 4) is 0 Å². The predicted molar refractivity (Wildman–Crippen MR) is 123 cm³/mol. The first kappa shape index (κ1) is 25.4. The number of nitrogens with one attached hydrogen (secondary N) is 2. The van der Waals surface area contributed by atoms with Gasteiger partial charge in [-0.05, 0) is 45.0 Å². The third-order valence-electron chi connectivity index (χ3n) is 4.38. The SMILES string of the molecule is CCCCCCCCCNC(=S)Nc1sc(C(=O)OCC)c(C)c1C(=O)OCC. The summed E-state index contributed by atoms with van der Waals surface area (Å²) in [6.45, 7) is 8.71. The molecule has 0 saturated heterocycles. The molecule has 0 fully saturated rings. The van der Waals surface area contributed by atoms with E-state index in [9.17, 15) is 9.59 Å². The van der Waals surface area contributed by atoms with Crippen molar-refractivity contribution in [1.29, 1.82) is 0 Å². The van der Waals surface area contributed by atoms with Gasteiger partial charge in [-0.2, -0.15) is 0 Å². The van der Waals surface area contributed by atoms with E-state index in [1.54, 1.807) is 20.8 Å². The van der Waals surface area contributed by atoms with Crippen molar-refractivity contribution in [2.24, 2.45) is 0 Å². The average molecular weight is 443 g/mol. The van der Waals surface area contributed by atoms with Crippen LogP contribution in [0.1, 0.15) is 91.3 Å². The highest BCUT2D eigenvalue weighted by Crippen LogP contribution is 2.34. The van der Waals surface area contributed by atoms with Gasteiger partial charge >= 0.3 is 11.9 Å². The Morgan fingerprint density at radius 1 is 0.931 bits per heavy atom. The van der Waals surface area contributed by atoms with Gasteiger partial charge in [0.15, 0.2) is 5.11 Å². The van der Waals surface area contributed by atoms with Gasteiger partial charge in [0, 0.05) is 6.54 Å². The number of thiophene rings is 1. The van der Waals surface area contributed by atoms with Crippen LogP contribution in [0.25, 0.3) is 0 Å². The van der Waals surface area contributed by atoms with Crippen molar-refractivity contribution in [3.63, 3.8) is 0 Å². The smallest absolute Gasteiger partial charge is 0.348 e. The van der Waals surface area contributed by atoms with E-state index < -0.39 is 11.9 Å². The summed E-state index contributed by atoms with van der Waals surface area (Å²) in [6, 6.07) is 0. The highest BCUT2D eigenvalue weighted by Gasteiger charge is 2.26. The summed E-state index contributed by atoms with van der Waals surface area (Å²) in [6.07, 6.45) is 8.60. The number of carbonyl (C=O) groups is 2. The molecule has 164 valence electrons. The Bertz CT molecular complexity index is 674. The first-order valence-electron chi connectivity index (χ1n) is 10.5. The number of thiocarbonyl (C=S) groups is 1. The third-order valence-corrected chi connectivity index (χ3v) is 5.81. The van der Waals surface area contributed by atoms with Crippen molar-refractivity contribution in [1.82, 2.24) is 5.32 Å². The van der Waals surface area contributed by atoms with Crippen LogP contribution in [0.5, 0.6) is 0 Å². The summed E-state index contributed by atoms with van der Waals surface area (Å²) in [5, 5.41) is 7.16. The number of rotatable bonds is 13. The molecule has 1 rings (SSSR count). The van der Waals surface area contributed by atoms with Gasteiger partial charge in [0.1, 0.15) is 9.88 Å².